The third kappa shape index (κ3) is 2.25. The summed E-state index contributed by atoms with van der Waals surface area (Å²) in [5.41, 5.74) is 0. The minimum Gasteiger partial charge on any atom is -0.330 e. The van der Waals surface area contributed by atoms with E-state index < -0.39 is 66.5 Å². The number of hydrogen-bond donors (Lipinski definition) is 1. The van der Waals surface area contributed by atoms with Crippen molar-refractivity contribution in [1.82, 2.24) is 15.1 Å². The first-order valence-corrected chi connectivity index (χ1v) is 7.20. The Bertz CT molecular complexity index is 723. The number of urea groups is 1. The monoisotopic (exact) mass is 413 g/mol. The Balaban J connectivity index is 1.90. The standard InChI is InChI=1S/C12H8F9N3O3/c13-9(14,10(15,16)11(17,18)12(19,20)21)7(26)23-2-3-1-4(23)5-6(25)22-8(27)24(3)5/h3-5H,1-2H2,(H,22,25,27). The molecule has 0 aromatic rings. The van der Waals surface area contributed by atoms with E-state index in [4.69, 9.17) is 0 Å². The largest absolute Gasteiger partial charge is 0.460 e. The molecule has 0 aromatic carbocycles. The normalized spacial score (nSPS) is 28.7. The molecule has 3 aliphatic heterocycles. The minimum absolute atomic E-state index is 0.0512. The highest BCUT2D eigenvalue weighted by molar-refractivity contribution is 6.06. The van der Waals surface area contributed by atoms with Gasteiger partial charge in [-0.3, -0.25) is 14.9 Å². The number of halogens is 9. The summed E-state index contributed by atoms with van der Waals surface area (Å²) in [5.74, 6) is -24.7. The number of nitrogens with one attached hydrogen (secondary N) is 1. The van der Waals surface area contributed by atoms with Crippen LogP contribution in [0.4, 0.5) is 44.3 Å². The van der Waals surface area contributed by atoms with Crippen molar-refractivity contribution in [2.75, 3.05) is 6.54 Å². The van der Waals surface area contributed by atoms with Gasteiger partial charge in [0.05, 0.1) is 12.1 Å². The van der Waals surface area contributed by atoms with E-state index in [0.29, 0.717) is 0 Å². The van der Waals surface area contributed by atoms with Gasteiger partial charge in [-0.25, -0.2) is 4.79 Å². The van der Waals surface area contributed by atoms with Crippen LogP contribution in [0.25, 0.3) is 0 Å². The molecule has 3 heterocycles. The fraction of sp³-hybridized carbons (Fsp3) is 0.750. The molecule has 0 aliphatic carbocycles. The maximum atomic E-state index is 13.8. The van der Waals surface area contributed by atoms with E-state index in [2.05, 4.69) is 0 Å². The average molecular weight is 413 g/mol. The van der Waals surface area contributed by atoms with Gasteiger partial charge in [-0.05, 0) is 6.42 Å². The molecule has 152 valence electrons. The molecule has 3 fully saturated rings. The first-order chi connectivity index (χ1) is 12.1. The van der Waals surface area contributed by atoms with Crippen LogP contribution >= 0.6 is 0 Å². The first kappa shape index (κ1) is 19.5. The van der Waals surface area contributed by atoms with Crippen molar-refractivity contribution in [1.29, 1.82) is 0 Å². The highest BCUT2D eigenvalue weighted by atomic mass is 19.4. The van der Waals surface area contributed by atoms with Crippen molar-refractivity contribution < 1.29 is 53.9 Å². The highest BCUT2D eigenvalue weighted by Gasteiger charge is 2.84. The summed E-state index contributed by atoms with van der Waals surface area (Å²) in [6.07, 6.45) is -7.33. The van der Waals surface area contributed by atoms with Crippen molar-refractivity contribution in [3.05, 3.63) is 0 Å². The Morgan fingerprint density at radius 1 is 0.963 bits per heavy atom. The van der Waals surface area contributed by atoms with Gasteiger partial charge in [-0.2, -0.15) is 39.5 Å². The number of imide groups is 1. The molecule has 3 aliphatic rings. The van der Waals surface area contributed by atoms with Gasteiger partial charge in [0, 0.05) is 6.54 Å². The number of rotatable bonds is 3. The van der Waals surface area contributed by atoms with Crippen LogP contribution in [0.5, 0.6) is 0 Å². The Kier molecular flexibility index (Phi) is 3.75. The Labute approximate surface area is 143 Å². The molecule has 4 amide bonds. The van der Waals surface area contributed by atoms with E-state index in [1.165, 1.54) is 0 Å². The summed E-state index contributed by atoms with van der Waals surface area (Å²) in [5, 5.41) is 1.80. The van der Waals surface area contributed by atoms with Crippen molar-refractivity contribution in [3.63, 3.8) is 0 Å². The van der Waals surface area contributed by atoms with Crippen LogP contribution in [0.15, 0.2) is 0 Å². The predicted molar refractivity (Wildman–Crippen MR) is 64.0 cm³/mol. The fourth-order valence-corrected chi connectivity index (χ4v) is 3.52. The third-order valence-electron chi connectivity index (χ3n) is 4.79. The summed E-state index contributed by atoms with van der Waals surface area (Å²) >= 11 is 0. The molecule has 1 N–H and O–H groups in total. The number of amides is 4. The maximum absolute atomic E-state index is 13.8. The molecule has 3 saturated heterocycles. The maximum Gasteiger partial charge on any atom is 0.460 e. The Hall–Kier alpha value is -2.22. The average Bonchev–Trinajstić information content (AvgIpc) is 3.17. The molecule has 0 saturated carbocycles. The van der Waals surface area contributed by atoms with Gasteiger partial charge in [0.25, 0.3) is 11.8 Å². The molecule has 3 atom stereocenters. The van der Waals surface area contributed by atoms with Crippen molar-refractivity contribution in [2.45, 2.75) is 48.5 Å². The van der Waals surface area contributed by atoms with Crippen LogP contribution in [0.1, 0.15) is 6.42 Å². The minimum atomic E-state index is -7.19. The quantitative estimate of drug-likeness (QED) is 0.561. The second-order valence-corrected chi connectivity index (χ2v) is 6.28. The summed E-state index contributed by atoms with van der Waals surface area (Å²) in [6, 6.07) is -5.00. The number of piperazine rings is 1. The molecule has 27 heavy (non-hydrogen) atoms. The van der Waals surface area contributed by atoms with Gasteiger partial charge in [0.2, 0.25) is 0 Å². The smallest absolute Gasteiger partial charge is 0.330 e. The van der Waals surface area contributed by atoms with Crippen LogP contribution in [-0.2, 0) is 9.59 Å². The van der Waals surface area contributed by atoms with Gasteiger partial charge in [0.1, 0.15) is 6.04 Å². The number of carbonyl (C=O) groups is 3. The zero-order valence-corrected chi connectivity index (χ0v) is 12.7. The van der Waals surface area contributed by atoms with E-state index >= 15 is 0 Å². The van der Waals surface area contributed by atoms with E-state index in [-0.39, 0.29) is 11.3 Å². The zero-order valence-electron chi connectivity index (χ0n) is 12.7. The molecule has 3 unspecified atom stereocenters. The highest BCUT2D eigenvalue weighted by Crippen LogP contribution is 2.54. The lowest BCUT2D eigenvalue weighted by Crippen LogP contribution is -2.67. The van der Waals surface area contributed by atoms with Crippen LogP contribution in [0, 0.1) is 0 Å². The second kappa shape index (κ2) is 5.19. The van der Waals surface area contributed by atoms with E-state index in [1.807, 2.05) is 0 Å². The van der Waals surface area contributed by atoms with Gasteiger partial charge < -0.3 is 9.80 Å². The summed E-state index contributed by atoms with van der Waals surface area (Å²) in [7, 11) is 0. The SMILES string of the molecule is O=C1NC(=O)N2C3CC(C12)N(C(=O)C(F)(F)C(F)(F)C(F)(F)C(F)(F)F)C3. The molecule has 0 radical (unpaired) electrons. The summed E-state index contributed by atoms with van der Waals surface area (Å²) in [6.45, 7) is -0.816. The van der Waals surface area contributed by atoms with Crippen LogP contribution in [0.3, 0.4) is 0 Å². The number of alkyl halides is 9. The van der Waals surface area contributed by atoms with Crippen molar-refractivity contribution >= 4 is 17.8 Å². The van der Waals surface area contributed by atoms with E-state index in [1.54, 1.807) is 5.32 Å². The lowest BCUT2D eigenvalue weighted by molar-refractivity contribution is -0.389. The summed E-state index contributed by atoms with van der Waals surface area (Å²) < 4.78 is 117. The van der Waals surface area contributed by atoms with Gasteiger partial charge in [-0.1, -0.05) is 0 Å². The van der Waals surface area contributed by atoms with Crippen molar-refractivity contribution in [2.24, 2.45) is 0 Å². The molecular formula is C12H8F9N3O3. The topological polar surface area (TPSA) is 69.7 Å². The third-order valence-corrected chi connectivity index (χ3v) is 4.79. The van der Waals surface area contributed by atoms with Gasteiger partial charge in [-0.15, -0.1) is 0 Å². The number of likely N-dealkylation sites (tertiary alicyclic amines) is 1. The predicted octanol–water partition coefficient (Wildman–Crippen LogP) is 1.36. The molecule has 3 rings (SSSR count). The van der Waals surface area contributed by atoms with Crippen molar-refractivity contribution in [3.8, 4) is 0 Å². The zero-order chi connectivity index (χ0) is 20.7. The van der Waals surface area contributed by atoms with Gasteiger partial charge >= 0.3 is 30.0 Å². The number of fused-ring (bicyclic) bond motifs is 5. The number of hydrogen-bond acceptors (Lipinski definition) is 3. The van der Waals surface area contributed by atoms with E-state index in [0.717, 1.165) is 4.90 Å². The van der Waals surface area contributed by atoms with Crippen LogP contribution in [0.2, 0.25) is 0 Å². The molecule has 0 aromatic heterocycles. The fourth-order valence-electron chi connectivity index (χ4n) is 3.52. The number of carbonyl (C=O) groups excluding carboxylic acids is 3. The summed E-state index contributed by atoms with van der Waals surface area (Å²) in [4.78, 5) is 35.8. The first-order valence-electron chi connectivity index (χ1n) is 7.20. The molecule has 2 bridgehead atoms. The molecule has 0 spiro atoms. The Morgan fingerprint density at radius 2 is 1.52 bits per heavy atom. The lowest BCUT2D eigenvalue weighted by Gasteiger charge is -2.39. The second-order valence-electron chi connectivity index (χ2n) is 6.28. The molecule has 6 nitrogen and oxygen atoms in total. The van der Waals surface area contributed by atoms with E-state index in [9.17, 15) is 53.9 Å². The van der Waals surface area contributed by atoms with Crippen LogP contribution in [-0.4, -0.2) is 76.3 Å². The number of nitrogens with zero attached hydrogens (tertiary/aromatic N) is 2. The molecular weight excluding hydrogens is 405 g/mol. The van der Waals surface area contributed by atoms with Gasteiger partial charge in [0.15, 0.2) is 0 Å². The molecule has 15 heteroatoms. The lowest BCUT2D eigenvalue weighted by atomic mass is 10.0. The Morgan fingerprint density at radius 3 is 2.04 bits per heavy atom. The van der Waals surface area contributed by atoms with Crippen LogP contribution < -0.4 is 5.32 Å².